The van der Waals surface area contributed by atoms with Crippen LogP contribution in [-0.4, -0.2) is 55.8 Å². The lowest BCUT2D eigenvalue weighted by molar-refractivity contribution is -0.142. The first-order valence-corrected chi connectivity index (χ1v) is 7.30. The summed E-state index contributed by atoms with van der Waals surface area (Å²) < 4.78 is 0. The predicted molar refractivity (Wildman–Crippen MR) is 72.5 cm³/mol. The smallest absolute Gasteiger partial charge is 0.317 e. The Morgan fingerprint density at radius 3 is 3.00 bits per heavy atom. The second-order valence-corrected chi connectivity index (χ2v) is 5.65. The minimum absolute atomic E-state index is 0.0883. The molecule has 0 aromatic carbocycles. The van der Waals surface area contributed by atoms with Gasteiger partial charge in [-0.3, -0.25) is 9.89 Å². The summed E-state index contributed by atoms with van der Waals surface area (Å²) in [6.07, 6.45) is 5.26. The van der Waals surface area contributed by atoms with Crippen LogP contribution < -0.4 is 5.32 Å². The molecule has 21 heavy (non-hydrogen) atoms. The number of nitrogens with one attached hydrogen (secondary N) is 2. The highest BCUT2D eigenvalue weighted by Crippen LogP contribution is 2.41. The van der Waals surface area contributed by atoms with Gasteiger partial charge in [-0.15, -0.1) is 0 Å². The Morgan fingerprint density at radius 2 is 2.33 bits per heavy atom. The Kier molecular flexibility index (Phi) is 3.76. The van der Waals surface area contributed by atoms with E-state index in [1.54, 1.807) is 4.90 Å². The molecule has 1 aromatic heterocycles. The Bertz CT molecular complexity index is 518. The number of hydrogen-bond acceptors (Lipinski definition) is 4. The third-order valence-electron chi connectivity index (χ3n) is 4.42. The molecule has 3 unspecified atom stereocenters. The Morgan fingerprint density at radius 1 is 1.48 bits per heavy atom. The molecule has 2 aliphatic heterocycles. The summed E-state index contributed by atoms with van der Waals surface area (Å²) in [4.78, 5) is 29.2. The van der Waals surface area contributed by atoms with Gasteiger partial charge in [0.05, 0.1) is 5.92 Å². The van der Waals surface area contributed by atoms with Crippen molar-refractivity contribution in [2.45, 2.75) is 44.2 Å². The quantitative estimate of drug-likeness (QED) is 0.680. The van der Waals surface area contributed by atoms with E-state index in [-0.39, 0.29) is 18.1 Å². The van der Waals surface area contributed by atoms with Gasteiger partial charge in [0.1, 0.15) is 12.2 Å². The summed E-state index contributed by atoms with van der Waals surface area (Å²) >= 11 is 0. The molecule has 3 atom stereocenters. The van der Waals surface area contributed by atoms with Crippen molar-refractivity contribution < 1.29 is 14.7 Å². The van der Waals surface area contributed by atoms with E-state index >= 15 is 0 Å². The van der Waals surface area contributed by atoms with E-state index < -0.39 is 11.9 Å². The number of aromatic amines is 1. The summed E-state index contributed by atoms with van der Waals surface area (Å²) in [5.41, 5.74) is 0. The molecule has 1 aromatic rings. The molecule has 8 nitrogen and oxygen atoms in total. The molecule has 3 rings (SSSR count). The van der Waals surface area contributed by atoms with Crippen molar-refractivity contribution in [2.24, 2.45) is 5.92 Å². The summed E-state index contributed by atoms with van der Waals surface area (Å²) in [5.74, 6) is -0.384. The summed E-state index contributed by atoms with van der Waals surface area (Å²) in [7, 11) is 0. The zero-order chi connectivity index (χ0) is 14.8. The lowest BCUT2D eigenvalue weighted by Crippen LogP contribution is -2.44. The normalized spacial score (nSPS) is 27.0. The number of amides is 2. The number of aromatic nitrogens is 3. The average molecular weight is 293 g/mol. The topological polar surface area (TPSA) is 111 Å². The number of carboxylic acids is 1. The minimum atomic E-state index is -0.787. The van der Waals surface area contributed by atoms with Crippen molar-refractivity contribution in [2.75, 3.05) is 6.54 Å². The third kappa shape index (κ3) is 2.70. The number of hydrogen-bond donors (Lipinski definition) is 3. The van der Waals surface area contributed by atoms with E-state index in [2.05, 4.69) is 20.5 Å². The number of carbonyl (C=O) groups excluding carboxylic acids is 1. The number of rotatable bonds is 5. The number of H-pyrrole nitrogens is 1. The second kappa shape index (κ2) is 5.71. The number of carbonyl (C=O) groups is 2. The zero-order valence-corrected chi connectivity index (χ0v) is 11.7. The molecule has 114 valence electrons. The van der Waals surface area contributed by atoms with E-state index in [9.17, 15) is 14.7 Å². The zero-order valence-electron chi connectivity index (χ0n) is 11.7. The van der Waals surface area contributed by atoms with Crippen LogP contribution in [0.1, 0.15) is 31.5 Å². The van der Waals surface area contributed by atoms with E-state index in [1.807, 2.05) is 0 Å². The van der Waals surface area contributed by atoms with Gasteiger partial charge in [0.2, 0.25) is 0 Å². The van der Waals surface area contributed by atoms with Crippen LogP contribution >= 0.6 is 0 Å². The van der Waals surface area contributed by atoms with E-state index in [1.165, 1.54) is 6.33 Å². The van der Waals surface area contributed by atoms with Gasteiger partial charge in [-0.1, -0.05) is 0 Å². The predicted octanol–water partition coefficient (Wildman–Crippen LogP) is 0.384. The molecular formula is C13H19N5O3. The van der Waals surface area contributed by atoms with Gasteiger partial charge in [-0.2, -0.15) is 5.10 Å². The Hall–Kier alpha value is -2.12. The maximum absolute atomic E-state index is 12.2. The summed E-state index contributed by atoms with van der Waals surface area (Å²) in [5, 5.41) is 18.6. The van der Waals surface area contributed by atoms with Gasteiger partial charge in [0.15, 0.2) is 0 Å². The second-order valence-electron chi connectivity index (χ2n) is 5.65. The van der Waals surface area contributed by atoms with Crippen molar-refractivity contribution in [1.82, 2.24) is 25.4 Å². The van der Waals surface area contributed by atoms with Crippen LogP contribution in [0, 0.1) is 5.92 Å². The molecule has 2 fully saturated rings. The number of nitrogens with zero attached hydrogens (tertiary/aromatic N) is 3. The van der Waals surface area contributed by atoms with Crippen LogP contribution in [-0.2, 0) is 11.2 Å². The number of fused-ring (bicyclic) bond motifs is 2. The molecule has 2 bridgehead atoms. The lowest BCUT2D eigenvalue weighted by Gasteiger charge is -2.23. The summed E-state index contributed by atoms with van der Waals surface area (Å²) in [6.45, 7) is 0.549. The molecule has 2 aliphatic rings. The molecule has 8 heteroatoms. The van der Waals surface area contributed by atoms with Gasteiger partial charge in [-0.25, -0.2) is 9.78 Å². The Labute approximate surface area is 121 Å². The fraction of sp³-hybridized carbons (Fsp3) is 0.692. The van der Waals surface area contributed by atoms with E-state index in [4.69, 9.17) is 0 Å². The largest absolute Gasteiger partial charge is 0.481 e. The highest BCUT2D eigenvalue weighted by atomic mass is 16.4. The highest BCUT2D eigenvalue weighted by Gasteiger charge is 2.51. The van der Waals surface area contributed by atoms with Gasteiger partial charge >= 0.3 is 12.0 Å². The van der Waals surface area contributed by atoms with Crippen LogP contribution in [0.3, 0.4) is 0 Å². The number of aliphatic carboxylic acids is 1. The molecule has 0 spiro atoms. The Balaban J connectivity index is 1.46. The highest BCUT2D eigenvalue weighted by molar-refractivity contribution is 5.79. The summed E-state index contributed by atoms with van der Waals surface area (Å²) in [6, 6.07) is -0.184. The fourth-order valence-corrected chi connectivity index (χ4v) is 3.46. The van der Waals surface area contributed by atoms with Crippen LogP contribution in [0.5, 0.6) is 0 Å². The SMILES string of the molecule is O=C(O)C1CC2CCC1N2C(=O)NCCCc1ncn[nH]1. The van der Waals surface area contributed by atoms with Crippen molar-refractivity contribution in [3.8, 4) is 0 Å². The molecule has 0 aliphatic carbocycles. The maximum atomic E-state index is 12.2. The number of aryl methyl sites for hydroxylation is 1. The standard InChI is InChI=1S/C13H19N5O3/c19-12(20)9-6-8-3-4-10(9)18(8)13(21)14-5-1-2-11-15-7-16-17-11/h7-10H,1-6H2,(H,14,21)(H,19,20)(H,15,16,17). The van der Waals surface area contributed by atoms with E-state index in [0.717, 1.165) is 31.5 Å². The first-order chi connectivity index (χ1) is 10.2. The van der Waals surface area contributed by atoms with E-state index in [0.29, 0.717) is 13.0 Å². The van der Waals surface area contributed by atoms with Gasteiger partial charge in [0, 0.05) is 25.0 Å². The maximum Gasteiger partial charge on any atom is 0.317 e. The van der Waals surface area contributed by atoms with Crippen LogP contribution in [0.2, 0.25) is 0 Å². The minimum Gasteiger partial charge on any atom is -0.481 e. The van der Waals surface area contributed by atoms with Gasteiger partial charge < -0.3 is 15.3 Å². The molecular weight excluding hydrogens is 274 g/mol. The first kappa shape index (κ1) is 13.8. The van der Waals surface area contributed by atoms with Crippen molar-refractivity contribution in [3.63, 3.8) is 0 Å². The molecule has 3 heterocycles. The van der Waals surface area contributed by atoms with Crippen LogP contribution in [0.4, 0.5) is 4.79 Å². The van der Waals surface area contributed by atoms with Gasteiger partial charge in [-0.05, 0) is 25.7 Å². The number of carboxylic acid groups (broad SMARTS) is 1. The average Bonchev–Trinajstić information content (AvgIpc) is 3.18. The van der Waals surface area contributed by atoms with Crippen molar-refractivity contribution in [1.29, 1.82) is 0 Å². The monoisotopic (exact) mass is 293 g/mol. The molecule has 3 N–H and O–H groups in total. The van der Waals surface area contributed by atoms with Crippen molar-refractivity contribution >= 4 is 12.0 Å². The third-order valence-corrected chi connectivity index (χ3v) is 4.42. The van der Waals surface area contributed by atoms with Crippen LogP contribution in [0.25, 0.3) is 0 Å². The lowest BCUT2D eigenvalue weighted by atomic mass is 9.89. The fourth-order valence-electron chi connectivity index (χ4n) is 3.46. The first-order valence-electron chi connectivity index (χ1n) is 7.30. The molecule has 2 amide bonds. The van der Waals surface area contributed by atoms with Gasteiger partial charge in [0.25, 0.3) is 0 Å². The molecule has 2 saturated heterocycles. The number of urea groups is 1. The molecule has 0 radical (unpaired) electrons. The molecule has 0 saturated carbocycles. The van der Waals surface area contributed by atoms with Crippen LogP contribution in [0.15, 0.2) is 6.33 Å². The van der Waals surface area contributed by atoms with Crippen molar-refractivity contribution in [3.05, 3.63) is 12.2 Å².